The first-order valence-corrected chi connectivity index (χ1v) is 6.01. The van der Waals surface area contributed by atoms with Crippen molar-refractivity contribution in [3.63, 3.8) is 0 Å². The molecule has 108 valence electrons. The fraction of sp³-hybridized carbons (Fsp3) is 0.727. The highest BCUT2D eigenvalue weighted by molar-refractivity contribution is 5.84. The van der Waals surface area contributed by atoms with Crippen molar-refractivity contribution in [3.8, 4) is 0 Å². The van der Waals surface area contributed by atoms with Crippen LogP contribution < -0.4 is 5.32 Å². The normalized spacial score (nSPS) is 14.6. The van der Waals surface area contributed by atoms with Gasteiger partial charge in [-0.15, -0.1) is 5.10 Å². The van der Waals surface area contributed by atoms with E-state index in [4.69, 9.17) is 5.11 Å². The molecule has 1 heterocycles. The second-order valence-electron chi connectivity index (χ2n) is 5.08. The van der Waals surface area contributed by atoms with E-state index in [9.17, 15) is 9.90 Å². The van der Waals surface area contributed by atoms with Crippen molar-refractivity contribution in [1.82, 2.24) is 25.2 Å². The summed E-state index contributed by atoms with van der Waals surface area (Å²) < 4.78 is 1.46. The van der Waals surface area contributed by atoms with Crippen LogP contribution in [0.1, 0.15) is 17.4 Å². The van der Waals surface area contributed by atoms with Gasteiger partial charge in [-0.2, -0.15) is 0 Å². The number of hydrogen-bond donors (Lipinski definition) is 3. The van der Waals surface area contributed by atoms with E-state index in [-0.39, 0.29) is 5.69 Å². The largest absolute Gasteiger partial charge is 0.476 e. The van der Waals surface area contributed by atoms with Crippen molar-refractivity contribution >= 4 is 5.97 Å². The molecule has 0 aliphatic carbocycles. The van der Waals surface area contributed by atoms with Gasteiger partial charge in [0, 0.05) is 19.6 Å². The van der Waals surface area contributed by atoms with Crippen LogP contribution in [-0.2, 0) is 6.54 Å². The average molecular weight is 271 g/mol. The number of carboxylic acid groups (broad SMARTS) is 1. The predicted molar refractivity (Wildman–Crippen MR) is 69.0 cm³/mol. The third kappa shape index (κ3) is 5.77. The molecule has 0 fully saturated rings. The number of rotatable bonds is 8. The molecular weight excluding hydrogens is 250 g/mol. The highest BCUT2D eigenvalue weighted by Crippen LogP contribution is 2.02. The molecule has 0 aromatic carbocycles. The van der Waals surface area contributed by atoms with Crippen LogP contribution >= 0.6 is 0 Å². The molecule has 0 radical (unpaired) electrons. The smallest absolute Gasteiger partial charge is 0.358 e. The van der Waals surface area contributed by atoms with Crippen molar-refractivity contribution < 1.29 is 15.0 Å². The molecule has 0 amide bonds. The van der Waals surface area contributed by atoms with E-state index in [1.807, 2.05) is 19.0 Å². The van der Waals surface area contributed by atoms with Gasteiger partial charge < -0.3 is 20.4 Å². The summed E-state index contributed by atoms with van der Waals surface area (Å²) in [5.74, 6) is -1.09. The zero-order chi connectivity index (χ0) is 14.5. The van der Waals surface area contributed by atoms with Gasteiger partial charge in [0.25, 0.3) is 0 Å². The number of carbonyl (C=O) groups is 1. The molecule has 0 saturated carbocycles. The Morgan fingerprint density at radius 1 is 1.58 bits per heavy atom. The zero-order valence-corrected chi connectivity index (χ0v) is 11.5. The first-order valence-electron chi connectivity index (χ1n) is 6.01. The summed E-state index contributed by atoms with van der Waals surface area (Å²) in [5.41, 5.74) is -0.877. The maximum absolute atomic E-state index is 10.6. The van der Waals surface area contributed by atoms with Crippen LogP contribution in [0, 0.1) is 0 Å². The van der Waals surface area contributed by atoms with E-state index >= 15 is 0 Å². The van der Waals surface area contributed by atoms with Gasteiger partial charge in [0.1, 0.15) is 0 Å². The van der Waals surface area contributed by atoms with Crippen molar-refractivity contribution in [3.05, 3.63) is 11.9 Å². The molecule has 1 aromatic heterocycles. The van der Waals surface area contributed by atoms with Crippen LogP contribution in [0.3, 0.4) is 0 Å². The minimum absolute atomic E-state index is 0.0698. The maximum Gasteiger partial charge on any atom is 0.358 e. The fourth-order valence-electron chi connectivity index (χ4n) is 1.79. The Morgan fingerprint density at radius 3 is 2.79 bits per heavy atom. The number of hydrogen-bond acceptors (Lipinski definition) is 6. The summed E-state index contributed by atoms with van der Waals surface area (Å²) >= 11 is 0. The Labute approximate surface area is 112 Å². The Morgan fingerprint density at radius 2 is 2.26 bits per heavy atom. The Balaban J connectivity index is 2.28. The van der Waals surface area contributed by atoms with E-state index in [0.717, 1.165) is 0 Å². The summed E-state index contributed by atoms with van der Waals surface area (Å²) in [7, 11) is 3.80. The lowest BCUT2D eigenvalue weighted by Crippen LogP contribution is -2.46. The summed E-state index contributed by atoms with van der Waals surface area (Å²) in [6, 6.07) is 0. The van der Waals surface area contributed by atoms with E-state index in [1.54, 1.807) is 6.92 Å². The molecule has 8 heteroatoms. The molecule has 1 aromatic rings. The first kappa shape index (κ1) is 15.5. The molecule has 8 nitrogen and oxygen atoms in total. The minimum atomic E-state index is -1.09. The molecule has 0 aliphatic heterocycles. The molecule has 0 aliphatic rings. The number of nitrogens with zero attached hydrogens (tertiary/aromatic N) is 4. The quantitative estimate of drug-likeness (QED) is 0.514. The average Bonchev–Trinajstić information content (AvgIpc) is 2.71. The van der Waals surface area contributed by atoms with E-state index in [0.29, 0.717) is 26.2 Å². The molecule has 3 N–H and O–H groups in total. The van der Waals surface area contributed by atoms with Crippen LogP contribution in [-0.4, -0.2) is 75.4 Å². The van der Waals surface area contributed by atoms with Gasteiger partial charge in [-0.25, -0.2) is 4.79 Å². The van der Waals surface area contributed by atoms with Crippen LogP contribution in [0.15, 0.2) is 6.20 Å². The lowest BCUT2D eigenvalue weighted by atomic mass is 10.1. The summed E-state index contributed by atoms with van der Waals surface area (Å²) in [4.78, 5) is 12.5. The number of aromatic nitrogens is 3. The van der Waals surface area contributed by atoms with Gasteiger partial charge in [-0.1, -0.05) is 5.21 Å². The maximum atomic E-state index is 10.6. The van der Waals surface area contributed by atoms with E-state index in [1.165, 1.54) is 10.9 Å². The second-order valence-corrected chi connectivity index (χ2v) is 5.08. The summed E-state index contributed by atoms with van der Waals surface area (Å²) in [6.07, 6.45) is 1.38. The van der Waals surface area contributed by atoms with Crippen molar-refractivity contribution in [2.45, 2.75) is 19.1 Å². The molecule has 0 spiro atoms. The Kier molecular flexibility index (Phi) is 5.40. The second kappa shape index (κ2) is 6.60. The van der Waals surface area contributed by atoms with Gasteiger partial charge in [-0.05, 0) is 21.0 Å². The molecule has 0 saturated heterocycles. The molecule has 1 unspecified atom stereocenters. The summed E-state index contributed by atoms with van der Waals surface area (Å²) in [5, 5.41) is 29.0. The third-order valence-electron chi connectivity index (χ3n) is 2.44. The molecular formula is C11H21N5O3. The van der Waals surface area contributed by atoms with Crippen molar-refractivity contribution in [1.29, 1.82) is 0 Å². The van der Waals surface area contributed by atoms with Gasteiger partial charge in [-0.3, -0.25) is 4.68 Å². The highest BCUT2D eigenvalue weighted by atomic mass is 16.4. The zero-order valence-electron chi connectivity index (χ0n) is 11.5. The number of likely N-dealkylation sites (N-methyl/N-ethyl adjacent to an activating group) is 1. The Bertz CT molecular complexity index is 416. The SMILES string of the molecule is CN(C)CC(C)(O)CNCCn1cc(C(=O)O)nn1. The van der Waals surface area contributed by atoms with E-state index in [2.05, 4.69) is 15.6 Å². The Hall–Kier alpha value is -1.51. The predicted octanol–water partition coefficient (Wildman–Crippen LogP) is -1.12. The first-order chi connectivity index (χ1) is 8.80. The lowest BCUT2D eigenvalue weighted by molar-refractivity contribution is 0.0338. The minimum Gasteiger partial charge on any atom is -0.476 e. The van der Waals surface area contributed by atoms with Crippen LogP contribution in [0.5, 0.6) is 0 Å². The molecule has 1 rings (SSSR count). The summed E-state index contributed by atoms with van der Waals surface area (Å²) in [6.45, 7) is 3.85. The molecule has 19 heavy (non-hydrogen) atoms. The highest BCUT2D eigenvalue weighted by Gasteiger charge is 2.20. The van der Waals surface area contributed by atoms with Gasteiger partial charge in [0.05, 0.1) is 18.3 Å². The molecule has 1 atom stereocenters. The van der Waals surface area contributed by atoms with Crippen LogP contribution in [0.25, 0.3) is 0 Å². The molecule has 0 bridgehead atoms. The van der Waals surface area contributed by atoms with Gasteiger partial charge in [0.2, 0.25) is 0 Å². The van der Waals surface area contributed by atoms with Crippen LogP contribution in [0.2, 0.25) is 0 Å². The third-order valence-corrected chi connectivity index (χ3v) is 2.44. The van der Waals surface area contributed by atoms with E-state index < -0.39 is 11.6 Å². The topological polar surface area (TPSA) is 104 Å². The number of carboxylic acids is 1. The number of aromatic carboxylic acids is 1. The fourth-order valence-corrected chi connectivity index (χ4v) is 1.79. The lowest BCUT2D eigenvalue weighted by Gasteiger charge is -2.27. The van der Waals surface area contributed by atoms with Crippen LogP contribution in [0.4, 0.5) is 0 Å². The van der Waals surface area contributed by atoms with Crippen molar-refractivity contribution in [2.24, 2.45) is 0 Å². The van der Waals surface area contributed by atoms with Crippen molar-refractivity contribution in [2.75, 3.05) is 33.7 Å². The standard InChI is InChI=1S/C11H21N5O3/c1-11(19,8-15(2)3)7-12-4-5-16-6-9(10(17)18)13-14-16/h6,12,19H,4-5,7-8H2,1-3H3,(H,17,18). The van der Waals surface area contributed by atoms with Gasteiger partial charge in [0.15, 0.2) is 5.69 Å². The van der Waals surface area contributed by atoms with Gasteiger partial charge >= 0.3 is 5.97 Å². The monoisotopic (exact) mass is 271 g/mol. The number of nitrogens with one attached hydrogen (secondary N) is 1. The number of aliphatic hydroxyl groups is 1.